The fourth-order valence-corrected chi connectivity index (χ4v) is 13.6. The maximum Gasteiger partial charge on any atom is 0.0479 e. The fourth-order valence-electron chi connectivity index (χ4n) is 11.7. The summed E-state index contributed by atoms with van der Waals surface area (Å²) in [6.07, 6.45) is 31.1. The van der Waals surface area contributed by atoms with Gasteiger partial charge in [-0.3, -0.25) is 9.80 Å². The van der Waals surface area contributed by atoms with E-state index in [-0.39, 0.29) is 0 Å². The molecule has 0 spiro atoms. The number of benzene rings is 2. The molecule has 6 atom stereocenters. The van der Waals surface area contributed by atoms with Gasteiger partial charge < -0.3 is 33.3 Å². The van der Waals surface area contributed by atoms with Crippen LogP contribution in [0.15, 0.2) is 91.4 Å². The summed E-state index contributed by atoms with van der Waals surface area (Å²) in [6, 6.07) is 29.8. The van der Waals surface area contributed by atoms with Crippen LogP contribution in [-0.2, 0) is 47.0 Å². The summed E-state index contributed by atoms with van der Waals surface area (Å²) < 4.78 is 6.44. The summed E-state index contributed by atoms with van der Waals surface area (Å²) in [5, 5.41) is 1.34. The molecule has 6 aliphatic heterocycles. The van der Waals surface area contributed by atoms with E-state index < -0.39 is 0 Å². The molecule has 5 saturated heterocycles. The van der Waals surface area contributed by atoms with E-state index in [2.05, 4.69) is 248 Å². The molecule has 0 N–H and O–H groups in total. The van der Waals surface area contributed by atoms with E-state index in [1.165, 1.54) is 186 Å². The molecule has 3 aromatic heterocycles. The van der Waals surface area contributed by atoms with Crippen molar-refractivity contribution in [2.45, 2.75) is 228 Å². The second-order valence-electron chi connectivity index (χ2n) is 26.1. The van der Waals surface area contributed by atoms with Crippen LogP contribution in [0.3, 0.4) is 0 Å². The second kappa shape index (κ2) is 44.9. The van der Waals surface area contributed by atoms with Gasteiger partial charge in [0.25, 0.3) is 0 Å². The Bertz CT molecular complexity index is 2320. The lowest BCUT2D eigenvalue weighted by Gasteiger charge is -2.31. The van der Waals surface area contributed by atoms with Crippen molar-refractivity contribution in [3.8, 4) is 0 Å². The SMILES string of the molecule is C=S1CC(C)N(C)C1.CC.CC1CCCC1.CC1CCCCN1C.CC1CCCCN1C.CC1CCCN1C.CC1Cc2ccccc2CN1C.CCc1cc2ccccc2n1C.CCc1cccn1C.CN1CCCCC1.Cc1ccn(C)c1. The number of hydrogen-bond donors (Lipinski definition) is 0. The van der Waals surface area contributed by atoms with Crippen LogP contribution < -0.4 is 0 Å². The summed E-state index contributed by atoms with van der Waals surface area (Å²) in [5.74, 6) is 7.58. The smallest absolute Gasteiger partial charge is 0.0479 e. The summed E-state index contributed by atoms with van der Waals surface area (Å²) in [6.45, 7) is 31.9. The Morgan fingerprint density at radius 1 is 0.482 bits per heavy atom. The minimum absolute atomic E-state index is 0.443. The van der Waals surface area contributed by atoms with E-state index in [1.54, 1.807) is 0 Å². The first kappa shape index (κ1) is 77.6. The highest BCUT2D eigenvalue weighted by Crippen LogP contribution is 2.25. The minimum Gasteiger partial charge on any atom is -0.357 e. The maximum absolute atomic E-state index is 4.02. The molecular weight excluding hydrogens is 1060 g/mol. The molecule has 486 valence electrons. The summed E-state index contributed by atoms with van der Waals surface area (Å²) >= 11 is 0. The van der Waals surface area contributed by atoms with Gasteiger partial charge in [0.05, 0.1) is 0 Å². The lowest BCUT2D eigenvalue weighted by atomic mass is 9.96. The number of likely N-dealkylation sites (N-methyl/N-ethyl adjacent to an activating group) is 1. The monoisotopic (exact) mass is 1190 g/mol. The molecule has 1 saturated carbocycles. The van der Waals surface area contributed by atoms with Gasteiger partial charge in [0, 0.05) is 105 Å². The number of hydrogen-bond acceptors (Lipinski definition) is 6. The molecule has 7 aliphatic rings. The van der Waals surface area contributed by atoms with Gasteiger partial charge in [-0.2, -0.15) is 10.5 Å². The third-order valence-electron chi connectivity index (χ3n) is 18.6. The van der Waals surface area contributed by atoms with E-state index in [4.69, 9.17) is 0 Å². The molecule has 10 heteroatoms. The molecule has 12 rings (SSSR count). The molecule has 9 heterocycles. The highest BCUT2D eigenvalue weighted by Gasteiger charge is 2.20. The molecule has 2 aromatic carbocycles. The van der Waals surface area contributed by atoms with E-state index in [0.717, 1.165) is 49.5 Å². The predicted octanol–water partition coefficient (Wildman–Crippen LogP) is 17.1. The topological polar surface area (TPSA) is 34.2 Å². The third-order valence-corrected chi connectivity index (χ3v) is 20.3. The Kier molecular flexibility index (Phi) is 41.0. The molecule has 6 unspecified atom stereocenters. The van der Waals surface area contributed by atoms with Crippen LogP contribution in [0.1, 0.15) is 194 Å². The maximum atomic E-state index is 4.02. The number of aromatic nitrogens is 3. The van der Waals surface area contributed by atoms with Crippen molar-refractivity contribution >= 4 is 27.3 Å². The van der Waals surface area contributed by atoms with Crippen LogP contribution >= 0.6 is 10.5 Å². The molecule has 5 aromatic rings. The molecule has 0 bridgehead atoms. The Morgan fingerprint density at radius 3 is 1.32 bits per heavy atom. The van der Waals surface area contributed by atoms with Crippen LogP contribution in [-0.4, -0.2) is 166 Å². The summed E-state index contributed by atoms with van der Waals surface area (Å²) in [4.78, 5) is 14.4. The lowest BCUT2D eigenvalue weighted by molar-refractivity contribution is 0.200. The van der Waals surface area contributed by atoms with Gasteiger partial charge in [-0.25, -0.2) is 0 Å². The number of rotatable bonds is 2. The van der Waals surface area contributed by atoms with Gasteiger partial charge in [-0.05, 0) is 246 Å². The number of fused-ring (bicyclic) bond motifs is 2. The van der Waals surface area contributed by atoms with Crippen molar-refractivity contribution < 1.29 is 0 Å². The largest absolute Gasteiger partial charge is 0.357 e. The number of likely N-dealkylation sites (tertiary alicyclic amines) is 4. The summed E-state index contributed by atoms with van der Waals surface area (Å²) in [5.41, 5.74) is 8.47. The number of piperidine rings is 3. The average molecular weight is 1200 g/mol. The van der Waals surface area contributed by atoms with Crippen molar-refractivity contribution in [2.75, 3.05) is 86.6 Å². The van der Waals surface area contributed by atoms with Crippen LogP contribution in [0.2, 0.25) is 0 Å². The quantitative estimate of drug-likeness (QED) is 0.164. The van der Waals surface area contributed by atoms with Crippen molar-refractivity contribution in [3.05, 3.63) is 119 Å². The normalized spacial score (nSPS) is 23.4. The molecule has 0 radical (unpaired) electrons. The first-order valence-electron chi connectivity index (χ1n) is 34.1. The first-order chi connectivity index (χ1) is 40.6. The Hall–Kier alpha value is -3.48. The first-order valence-corrected chi connectivity index (χ1v) is 35.8. The van der Waals surface area contributed by atoms with E-state index >= 15 is 0 Å². The van der Waals surface area contributed by atoms with Crippen molar-refractivity contribution in [3.63, 3.8) is 0 Å². The highest BCUT2D eigenvalue weighted by atomic mass is 32.2. The average Bonchev–Trinajstić information content (AvgIpc) is 4.36. The number of para-hydroxylation sites is 1. The van der Waals surface area contributed by atoms with Gasteiger partial charge in [0.1, 0.15) is 0 Å². The Labute approximate surface area is 529 Å². The zero-order chi connectivity index (χ0) is 63.3. The zero-order valence-electron chi connectivity index (χ0n) is 59.1. The highest BCUT2D eigenvalue weighted by molar-refractivity contribution is 8.14. The molecule has 85 heavy (non-hydrogen) atoms. The van der Waals surface area contributed by atoms with Gasteiger partial charge >= 0.3 is 0 Å². The molecule has 1 aliphatic carbocycles. The standard InChI is InChI=1S/C11H15N.C11H13N.2C7H15N.C7H11N.C6H13NS.C6H9N.2C6H13N.C6H12.C2H6/c1-9-7-10-5-3-4-6-11(10)8-12(9)2;1-3-10-8-9-6-4-5-7-11(9)12(10)2;2*1-7-5-3-4-6-8(7)2;1-3-7-5-4-6-8(7)2;1-6-4-8(3)5-7(6)2;1-6-3-4-7(2)5-6;1-6-4-3-5-7(6)2;1-7-5-3-2-4-6-7;1-6-4-2-3-5-6;1-2/h3-6,9H,7-8H2,1-2H3;4-8H,3H2,1-2H3;2*7H,3-6H2,1-2H3;4-6H,3H2,1-2H3;6H,3-5H2,1-2H3;3-5H,1-2H3;6H,3-5H2,1-2H3;2-6H2,1H3;6H,2-5H2,1H3;1-2H3. The van der Waals surface area contributed by atoms with Crippen molar-refractivity contribution in [1.29, 1.82) is 0 Å². The third kappa shape index (κ3) is 32.0. The van der Waals surface area contributed by atoms with Crippen LogP contribution in [0, 0.1) is 12.8 Å². The van der Waals surface area contributed by atoms with Crippen molar-refractivity contribution in [2.24, 2.45) is 27.1 Å². The molecular formula is C75H135N9S. The zero-order valence-corrected chi connectivity index (χ0v) is 60.0. The number of nitrogens with zero attached hydrogens (tertiary/aromatic N) is 9. The van der Waals surface area contributed by atoms with E-state index in [9.17, 15) is 0 Å². The molecule has 9 nitrogen and oxygen atoms in total. The predicted molar refractivity (Wildman–Crippen MR) is 384 cm³/mol. The molecule has 6 fully saturated rings. The van der Waals surface area contributed by atoms with Gasteiger partial charge in [0.15, 0.2) is 0 Å². The van der Waals surface area contributed by atoms with E-state index in [1.807, 2.05) is 31.7 Å². The Morgan fingerprint density at radius 2 is 0.988 bits per heavy atom. The van der Waals surface area contributed by atoms with Crippen molar-refractivity contribution in [1.82, 2.24) is 43.1 Å². The second-order valence-corrected chi connectivity index (χ2v) is 27.9. The van der Waals surface area contributed by atoms with Gasteiger partial charge in [0.2, 0.25) is 0 Å². The number of aryl methyl sites for hydroxylation is 6. The van der Waals surface area contributed by atoms with Crippen LogP contribution in [0.5, 0.6) is 0 Å². The molecule has 0 amide bonds. The lowest BCUT2D eigenvalue weighted by Crippen LogP contribution is -2.34. The van der Waals surface area contributed by atoms with Gasteiger partial charge in [-0.15, -0.1) is 0 Å². The van der Waals surface area contributed by atoms with Gasteiger partial charge in [-0.1, -0.05) is 128 Å². The van der Waals surface area contributed by atoms with E-state index in [0.29, 0.717) is 16.5 Å². The minimum atomic E-state index is 0.443. The summed E-state index contributed by atoms with van der Waals surface area (Å²) in [7, 11) is 19.8. The fraction of sp³-hybridized carbons (Fsp3) is 0.693. The van der Waals surface area contributed by atoms with Crippen LogP contribution in [0.4, 0.5) is 0 Å². The Balaban J connectivity index is 0.000000324. The van der Waals surface area contributed by atoms with Crippen LogP contribution in [0.25, 0.3) is 10.9 Å².